The van der Waals surface area contributed by atoms with Crippen LogP contribution < -0.4 is 16.4 Å². The fourth-order valence-electron chi connectivity index (χ4n) is 6.33. The lowest BCUT2D eigenvalue weighted by Crippen LogP contribution is -2.38. The van der Waals surface area contributed by atoms with Crippen molar-refractivity contribution in [3.8, 4) is 0 Å². The first-order chi connectivity index (χ1) is 24.8. The summed E-state index contributed by atoms with van der Waals surface area (Å²) in [7, 11) is 2.13. The number of aliphatic hydroxyl groups is 1. The fraction of sp³-hybridized carbons (Fsp3) is 0.381. The maximum atomic E-state index is 12.5. The molecule has 0 spiro atoms. The highest BCUT2D eigenvalue weighted by Crippen LogP contribution is 2.38. The Hall–Kier alpha value is -4.54. The van der Waals surface area contributed by atoms with Crippen LogP contribution in [0.1, 0.15) is 98.1 Å². The van der Waals surface area contributed by atoms with Crippen LogP contribution in [-0.2, 0) is 32.2 Å². The third-order valence-electron chi connectivity index (χ3n) is 9.58. The van der Waals surface area contributed by atoms with Crippen molar-refractivity contribution in [3.63, 3.8) is 0 Å². The van der Waals surface area contributed by atoms with Crippen molar-refractivity contribution in [2.24, 2.45) is 0 Å². The number of carbonyl (C=O) groups is 2. The van der Waals surface area contributed by atoms with Crippen molar-refractivity contribution >= 4 is 23.2 Å². The highest BCUT2D eigenvalue weighted by atomic mass is 16.7. The van der Waals surface area contributed by atoms with Crippen LogP contribution in [-0.4, -0.2) is 41.5 Å². The summed E-state index contributed by atoms with van der Waals surface area (Å²) >= 11 is 0. The van der Waals surface area contributed by atoms with E-state index in [2.05, 4.69) is 53.8 Å². The van der Waals surface area contributed by atoms with E-state index in [0.717, 1.165) is 54.5 Å². The van der Waals surface area contributed by atoms with Gasteiger partial charge in [0.2, 0.25) is 11.8 Å². The van der Waals surface area contributed by atoms with Crippen LogP contribution in [0.5, 0.6) is 0 Å². The average Bonchev–Trinajstić information content (AvgIpc) is 3.16. The molecule has 5 rings (SSSR count). The second-order valence-electron chi connectivity index (χ2n) is 13.4. The first-order valence-corrected chi connectivity index (χ1v) is 18.0. The molecule has 0 aliphatic carbocycles. The Bertz CT molecular complexity index is 1670. The molecule has 1 fully saturated rings. The van der Waals surface area contributed by atoms with Crippen molar-refractivity contribution in [1.82, 2.24) is 10.2 Å². The number of rotatable bonds is 17. The maximum Gasteiger partial charge on any atom is 0.224 e. The number of unbranched alkanes of at least 4 members (excludes halogenated alkanes) is 3. The van der Waals surface area contributed by atoms with E-state index in [0.29, 0.717) is 37.2 Å². The Labute approximate surface area is 302 Å². The first-order valence-electron chi connectivity index (χ1n) is 18.0. The zero-order valence-corrected chi connectivity index (χ0v) is 29.8. The van der Waals surface area contributed by atoms with Crippen LogP contribution >= 0.6 is 0 Å². The molecule has 270 valence electrons. The molecule has 4 aromatic carbocycles. The van der Waals surface area contributed by atoms with Gasteiger partial charge in [-0.25, -0.2) is 0 Å². The summed E-state index contributed by atoms with van der Waals surface area (Å²) in [6.07, 6.45) is 4.14. The number of nitrogen functional groups attached to an aromatic ring is 1. The van der Waals surface area contributed by atoms with Gasteiger partial charge in [-0.2, -0.15) is 0 Å². The predicted molar refractivity (Wildman–Crippen MR) is 201 cm³/mol. The molecule has 0 saturated carbocycles. The molecule has 2 amide bonds. The first kappa shape index (κ1) is 37.7. The molecule has 5 N–H and O–H groups in total. The molecule has 4 aromatic rings. The second kappa shape index (κ2) is 19.2. The minimum atomic E-state index is -0.544. The molecule has 0 radical (unpaired) electrons. The van der Waals surface area contributed by atoms with Crippen LogP contribution in [0, 0.1) is 0 Å². The van der Waals surface area contributed by atoms with E-state index >= 15 is 0 Å². The summed E-state index contributed by atoms with van der Waals surface area (Å²) in [6.45, 7) is 3.40. The Morgan fingerprint density at radius 3 is 2.12 bits per heavy atom. The number of anilines is 2. The quantitative estimate of drug-likeness (QED) is 0.0664. The molecule has 9 nitrogen and oxygen atoms in total. The van der Waals surface area contributed by atoms with Gasteiger partial charge in [-0.05, 0) is 61.2 Å². The fourth-order valence-corrected chi connectivity index (χ4v) is 6.33. The van der Waals surface area contributed by atoms with E-state index in [1.807, 2.05) is 66.7 Å². The molecular formula is C42H52N4O5. The van der Waals surface area contributed by atoms with Crippen LogP contribution in [0.4, 0.5) is 11.4 Å². The Morgan fingerprint density at radius 2 is 1.43 bits per heavy atom. The summed E-state index contributed by atoms with van der Waals surface area (Å²) in [5.74, 6) is -0.0328. The van der Waals surface area contributed by atoms with E-state index in [-0.39, 0.29) is 36.7 Å². The summed E-state index contributed by atoms with van der Waals surface area (Å²) in [5, 5.41) is 15.4. The van der Waals surface area contributed by atoms with E-state index in [9.17, 15) is 14.7 Å². The highest BCUT2D eigenvalue weighted by molar-refractivity contribution is 5.93. The monoisotopic (exact) mass is 692 g/mol. The van der Waals surface area contributed by atoms with Crippen molar-refractivity contribution in [2.45, 2.75) is 89.6 Å². The van der Waals surface area contributed by atoms with Gasteiger partial charge in [0.25, 0.3) is 0 Å². The topological polar surface area (TPSA) is 126 Å². The van der Waals surface area contributed by atoms with Crippen molar-refractivity contribution in [2.75, 3.05) is 24.6 Å². The third kappa shape index (κ3) is 11.5. The molecule has 51 heavy (non-hydrogen) atoms. The molecule has 1 aliphatic rings. The Kier molecular flexibility index (Phi) is 14.2. The molecule has 9 heteroatoms. The number of nitrogens with one attached hydrogen (secondary N) is 2. The van der Waals surface area contributed by atoms with Gasteiger partial charge in [0, 0.05) is 44.0 Å². The molecule has 1 heterocycles. The Balaban J connectivity index is 1.08. The second-order valence-corrected chi connectivity index (χ2v) is 13.4. The molecule has 1 saturated heterocycles. The number of likely N-dealkylation sites (N-methyl/N-ethyl adjacent to an activating group) is 1. The molecule has 1 aliphatic heterocycles. The average molecular weight is 693 g/mol. The number of nitrogens with two attached hydrogens (primary N) is 1. The minimum Gasteiger partial charge on any atom is -0.397 e. The van der Waals surface area contributed by atoms with Gasteiger partial charge in [0.05, 0.1) is 30.2 Å². The molecule has 0 bridgehead atoms. The lowest BCUT2D eigenvalue weighted by molar-refractivity contribution is -0.253. The standard InChI is InChI=1S/C42H52N4O5/c1-30(33-12-6-5-7-13-33)46(2)28-36-26-39(34-22-20-32(29-47)21-23-34)51-42(50-36)35-24-18-31(19-25-35)27-44-40(48)16-8-3-4-9-17-41(49)45-38-15-11-10-14-37(38)43/h5-7,10-15,18-25,30,36,39,42,47H,3-4,8-9,16-17,26-29,43H2,1-2H3,(H,44,48)(H,45,49)/t30-,36+,39-,42-/m0/s1. The van der Waals surface area contributed by atoms with E-state index < -0.39 is 6.29 Å². The predicted octanol–water partition coefficient (Wildman–Crippen LogP) is 7.60. The maximum absolute atomic E-state index is 12.5. The number of hydrogen-bond donors (Lipinski definition) is 4. The number of carbonyl (C=O) groups excluding carboxylic acids is 2. The number of nitrogens with zero attached hydrogens (tertiary/aromatic N) is 1. The smallest absolute Gasteiger partial charge is 0.224 e. The third-order valence-corrected chi connectivity index (χ3v) is 9.58. The Morgan fingerprint density at radius 1 is 0.804 bits per heavy atom. The van der Waals surface area contributed by atoms with Gasteiger partial charge in [-0.1, -0.05) is 104 Å². The zero-order chi connectivity index (χ0) is 36.0. The van der Waals surface area contributed by atoms with Gasteiger partial charge in [-0.3, -0.25) is 14.5 Å². The highest BCUT2D eigenvalue weighted by Gasteiger charge is 2.33. The molecular weight excluding hydrogens is 640 g/mol. The molecule has 0 unspecified atom stereocenters. The number of amides is 2. The van der Waals surface area contributed by atoms with Gasteiger partial charge < -0.3 is 30.9 Å². The number of hydrogen-bond acceptors (Lipinski definition) is 7. The number of para-hydroxylation sites is 2. The lowest BCUT2D eigenvalue weighted by Gasteiger charge is -2.39. The number of ether oxygens (including phenoxy) is 2. The van der Waals surface area contributed by atoms with Gasteiger partial charge >= 0.3 is 0 Å². The lowest BCUT2D eigenvalue weighted by atomic mass is 9.99. The van der Waals surface area contributed by atoms with Gasteiger partial charge in [-0.15, -0.1) is 0 Å². The largest absolute Gasteiger partial charge is 0.397 e. The van der Waals surface area contributed by atoms with Crippen LogP contribution in [0.2, 0.25) is 0 Å². The number of aliphatic hydroxyl groups excluding tert-OH is 1. The van der Waals surface area contributed by atoms with E-state index in [4.69, 9.17) is 15.2 Å². The van der Waals surface area contributed by atoms with Crippen molar-refractivity contribution in [3.05, 3.63) is 131 Å². The van der Waals surface area contributed by atoms with Crippen LogP contribution in [0.15, 0.2) is 103 Å². The van der Waals surface area contributed by atoms with Gasteiger partial charge in [0.15, 0.2) is 6.29 Å². The molecule has 4 atom stereocenters. The van der Waals surface area contributed by atoms with E-state index in [1.165, 1.54) is 5.56 Å². The summed E-state index contributed by atoms with van der Waals surface area (Å²) in [5.41, 5.74) is 12.2. The van der Waals surface area contributed by atoms with Crippen molar-refractivity contribution in [1.29, 1.82) is 0 Å². The normalized spacial score (nSPS) is 17.9. The van der Waals surface area contributed by atoms with Crippen LogP contribution in [0.25, 0.3) is 0 Å². The van der Waals surface area contributed by atoms with Crippen molar-refractivity contribution < 1.29 is 24.2 Å². The summed E-state index contributed by atoms with van der Waals surface area (Å²) < 4.78 is 13.1. The minimum absolute atomic E-state index is 0.00310. The number of benzene rings is 4. The van der Waals surface area contributed by atoms with Gasteiger partial charge in [0.1, 0.15) is 0 Å². The summed E-state index contributed by atoms with van der Waals surface area (Å²) in [4.78, 5) is 27.1. The molecule has 0 aromatic heterocycles. The van der Waals surface area contributed by atoms with Crippen LogP contribution in [0.3, 0.4) is 0 Å². The zero-order valence-electron chi connectivity index (χ0n) is 29.8. The van der Waals surface area contributed by atoms with E-state index in [1.54, 1.807) is 12.1 Å². The SMILES string of the molecule is C[C@@H](c1ccccc1)N(C)C[C@H]1C[C@@H](c2ccc(CO)cc2)O[C@@H](c2ccc(CNC(=O)CCCCCCC(=O)Nc3ccccc3N)cc2)O1. The summed E-state index contributed by atoms with van der Waals surface area (Å²) in [6, 6.07) is 33.9.